The van der Waals surface area contributed by atoms with Gasteiger partial charge in [0.25, 0.3) is 0 Å². The second-order valence-electron chi connectivity index (χ2n) is 3.74. The highest BCUT2D eigenvalue weighted by Crippen LogP contribution is 2.08. The molecule has 0 atom stereocenters. The minimum Gasteiger partial charge on any atom is -0.350 e. The van der Waals surface area contributed by atoms with E-state index in [1.54, 1.807) is 29.0 Å². The fourth-order valence-electron chi connectivity index (χ4n) is 1.57. The Morgan fingerprint density at radius 2 is 2.00 bits per heavy atom. The maximum Gasteiger partial charge on any atom is 0.242 e. The van der Waals surface area contributed by atoms with E-state index in [1.165, 1.54) is 6.07 Å². The SMILES string of the molecule is CCN(CC)C(=O)CN(C)c1cccc(F)n1. The van der Waals surface area contributed by atoms with Crippen LogP contribution < -0.4 is 4.90 Å². The molecule has 0 N–H and O–H groups in total. The highest BCUT2D eigenvalue weighted by molar-refractivity contribution is 5.81. The number of anilines is 1. The molecule has 0 aliphatic carbocycles. The van der Waals surface area contributed by atoms with Gasteiger partial charge in [-0.25, -0.2) is 4.98 Å². The van der Waals surface area contributed by atoms with E-state index in [4.69, 9.17) is 0 Å². The molecular formula is C12H18FN3O. The lowest BCUT2D eigenvalue weighted by molar-refractivity contribution is -0.129. The molecule has 0 spiro atoms. The second-order valence-corrected chi connectivity index (χ2v) is 3.74. The van der Waals surface area contributed by atoms with E-state index in [0.29, 0.717) is 18.9 Å². The van der Waals surface area contributed by atoms with Crippen molar-refractivity contribution in [2.75, 3.05) is 31.6 Å². The average Bonchev–Trinajstić information content (AvgIpc) is 2.30. The summed E-state index contributed by atoms with van der Waals surface area (Å²) in [6, 6.07) is 4.54. The lowest BCUT2D eigenvalue weighted by Crippen LogP contribution is -2.39. The van der Waals surface area contributed by atoms with Crippen LogP contribution in [0, 0.1) is 5.95 Å². The first-order valence-corrected chi connectivity index (χ1v) is 5.70. The van der Waals surface area contributed by atoms with Crippen LogP contribution in [0.1, 0.15) is 13.8 Å². The van der Waals surface area contributed by atoms with Crippen LogP contribution >= 0.6 is 0 Å². The van der Waals surface area contributed by atoms with Gasteiger partial charge in [0, 0.05) is 20.1 Å². The molecule has 5 heteroatoms. The summed E-state index contributed by atoms with van der Waals surface area (Å²) in [4.78, 5) is 18.9. The molecule has 1 heterocycles. The summed E-state index contributed by atoms with van der Waals surface area (Å²) in [7, 11) is 1.73. The minimum absolute atomic E-state index is 0.0172. The molecule has 0 aromatic carbocycles. The Bertz CT molecular complexity index is 380. The Morgan fingerprint density at radius 3 is 2.53 bits per heavy atom. The van der Waals surface area contributed by atoms with Crippen LogP contribution in [-0.2, 0) is 4.79 Å². The number of hydrogen-bond acceptors (Lipinski definition) is 3. The predicted molar refractivity (Wildman–Crippen MR) is 65.4 cm³/mol. The van der Waals surface area contributed by atoms with Crippen LogP contribution in [-0.4, -0.2) is 42.5 Å². The summed E-state index contributed by atoms with van der Waals surface area (Å²) in [5.41, 5.74) is 0. The number of carbonyl (C=O) groups is 1. The molecule has 0 unspecified atom stereocenters. The largest absolute Gasteiger partial charge is 0.350 e. The van der Waals surface area contributed by atoms with E-state index >= 15 is 0 Å². The van der Waals surface area contributed by atoms with Gasteiger partial charge in [0.05, 0.1) is 6.54 Å². The van der Waals surface area contributed by atoms with Gasteiger partial charge in [-0.3, -0.25) is 4.79 Å². The monoisotopic (exact) mass is 239 g/mol. The zero-order valence-corrected chi connectivity index (χ0v) is 10.5. The van der Waals surface area contributed by atoms with Gasteiger partial charge in [-0.05, 0) is 26.0 Å². The Labute approximate surface area is 101 Å². The first-order valence-electron chi connectivity index (χ1n) is 5.70. The van der Waals surface area contributed by atoms with Gasteiger partial charge in [-0.2, -0.15) is 4.39 Å². The molecule has 1 aromatic rings. The zero-order chi connectivity index (χ0) is 12.8. The third-order valence-corrected chi connectivity index (χ3v) is 2.58. The van der Waals surface area contributed by atoms with Crippen molar-refractivity contribution in [3.63, 3.8) is 0 Å². The third-order valence-electron chi connectivity index (χ3n) is 2.58. The summed E-state index contributed by atoms with van der Waals surface area (Å²) < 4.78 is 12.9. The Morgan fingerprint density at radius 1 is 1.35 bits per heavy atom. The Hall–Kier alpha value is -1.65. The van der Waals surface area contributed by atoms with E-state index in [0.717, 1.165) is 0 Å². The van der Waals surface area contributed by atoms with Gasteiger partial charge >= 0.3 is 0 Å². The molecule has 0 radical (unpaired) electrons. The number of aromatic nitrogens is 1. The highest BCUT2D eigenvalue weighted by Gasteiger charge is 2.13. The van der Waals surface area contributed by atoms with Gasteiger partial charge in [-0.1, -0.05) is 6.07 Å². The molecule has 0 saturated heterocycles. The molecule has 1 amide bonds. The predicted octanol–water partition coefficient (Wildman–Crippen LogP) is 1.53. The molecule has 0 bridgehead atoms. The van der Waals surface area contributed by atoms with Crippen LogP contribution in [0.5, 0.6) is 0 Å². The first kappa shape index (κ1) is 13.4. The van der Waals surface area contributed by atoms with Gasteiger partial charge in [-0.15, -0.1) is 0 Å². The van der Waals surface area contributed by atoms with Gasteiger partial charge in [0.15, 0.2) is 0 Å². The standard InChI is InChI=1S/C12H18FN3O/c1-4-16(5-2)12(17)9-15(3)11-8-6-7-10(13)14-11/h6-8H,4-5,9H2,1-3H3. The van der Waals surface area contributed by atoms with E-state index in [1.807, 2.05) is 13.8 Å². The van der Waals surface area contributed by atoms with Crippen molar-refractivity contribution in [2.24, 2.45) is 0 Å². The molecule has 1 aromatic heterocycles. The van der Waals surface area contributed by atoms with Crippen molar-refractivity contribution in [2.45, 2.75) is 13.8 Å². The first-order chi connectivity index (χ1) is 8.08. The summed E-state index contributed by atoms with van der Waals surface area (Å²) in [6.07, 6.45) is 0. The molecule has 4 nitrogen and oxygen atoms in total. The van der Waals surface area contributed by atoms with Crippen LogP contribution in [0.3, 0.4) is 0 Å². The van der Waals surface area contributed by atoms with Crippen LogP contribution in [0.25, 0.3) is 0 Å². The fourth-order valence-corrected chi connectivity index (χ4v) is 1.57. The van der Waals surface area contributed by atoms with Crippen LogP contribution in [0.15, 0.2) is 18.2 Å². The van der Waals surface area contributed by atoms with Crippen LogP contribution in [0.4, 0.5) is 10.2 Å². The van der Waals surface area contributed by atoms with Crippen LogP contribution in [0.2, 0.25) is 0 Å². The minimum atomic E-state index is -0.537. The quantitative estimate of drug-likeness (QED) is 0.731. The Balaban J connectivity index is 2.66. The molecule has 0 saturated carbocycles. The Kier molecular flexibility index (Phi) is 4.87. The number of rotatable bonds is 5. The molecule has 0 aliphatic rings. The highest BCUT2D eigenvalue weighted by atomic mass is 19.1. The molecule has 0 aliphatic heterocycles. The van der Waals surface area contributed by atoms with E-state index in [9.17, 15) is 9.18 Å². The summed E-state index contributed by atoms with van der Waals surface area (Å²) in [6.45, 7) is 5.43. The number of nitrogens with zero attached hydrogens (tertiary/aromatic N) is 3. The molecule has 0 fully saturated rings. The zero-order valence-electron chi connectivity index (χ0n) is 10.5. The summed E-state index contributed by atoms with van der Waals surface area (Å²) >= 11 is 0. The van der Waals surface area contributed by atoms with Gasteiger partial charge in [0.2, 0.25) is 11.9 Å². The van der Waals surface area contributed by atoms with Crippen molar-refractivity contribution in [3.8, 4) is 0 Å². The van der Waals surface area contributed by atoms with E-state index < -0.39 is 5.95 Å². The molecule has 94 valence electrons. The fraction of sp³-hybridized carbons (Fsp3) is 0.500. The number of amides is 1. The van der Waals surface area contributed by atoms with E-state index in [-0.39, 0.29) is 12.5 Å². The summed E-state index contributed by atoms with van der Waals surface area (Å²) in [5, 5.41) is 0. The van der Waals surface area contributed by atoms with Crippen molar-refractivity contribution in [1.29, 1.82) is 0 Å². The molecular weight excluding hydrogens is 221 g/mol. The smallest absolute Gasteiger partial charge is 0.242 e. The number of carbonyl (C=O) groups excluding carboxylic acids is 1. The van der Waals surface area contributed by atoms with E-state index in [2.05, 4.69) is 4.98 Å². The number of pyridine rings is 1. The summed E-state index contributed by atoms with van der Waals surface area (Å²) in [5.74, 6) is -0.0568. The number of halogens is 1. The van der Waals surface area contributed by atoms with Crippen molar-refractivity contribution < 1.29 is 9.18 Å². The normalized spacial score (nSPS) is 10.1. The topological polar surface area (TPSA) is 36.4 Å². The number of hydrogen-bond donors (Lipinski definition) is 0. The second kappa shape index (κ2) is 6.18. The maximum absolute atomic E-state index is 12.9. The van der Waals surface area contributed by atoms with Gasteiger partial charge in [0.1, 0.15) is 5.82 Å². The molecule has 17 heavy (non-hydrogen) atoms. The van der Waals surface area contributed by atoms with Crippen molar-refractivity contribution in [1.82, 2.24) is 9.88 Å². The third kappa shape index (κ3) is 3.69. The average molecular weight is 239 g/mol. The lowest BCUT2D eigenvalue weighted by Gasteiger charge is -2.23. The number of likely N-dealkylation sites (N-methyl/N-ethyl adjacent to an activating group) is 2. The molecule has 1 rings (SSSR count). The van der Waals surface area contributed by atoms with Gasteiger partial charge < -0.3 is 9.80 Å². The van der Waals surface area contributed by atoms with Crippen molar-refractivity contribution in [3.05, 3.63) is 24.1 Å². The van der Waals surface area contributed by atoms with Crippen molar-refractivity contribution >= 4 is 11.7 Å². The maximum atomic E-state index is 12.9. The lowest BCUT2D eigenvalue weighted by atomic mass is 10.4.